The van der Waals surface area contributed by atoms with Crippen LogP contribution in [0.1, 0.15) is 25.7 Å². The van der Waals surface area contributed by atoms with Gasteiger partial charge in [0.2, 0.25) is 0 Å². The zero-order valence-corrected chi connectivity index (χ0v) is 10.9. The SMILES string of the molecule is O=C1CC2CCCC=C2C(=O)C1C1COCCN1O. The highest BCUT2D eigenvalue weighted by molar-refractivity contribution is 6.14. The summed E-state index contributed by atoms with van der Waals surface area (Å²) in [7, 11) is 0. The number of hydrogen-bond acceptors (Lipinski definition) is 5. The van der Waals surface area contributed by atoms with Crippen LogP contribution < -0.4 is 0 Å². The average molecular weight is 265 g/mol. The Balaban J connectivity index is 1.86. The molecule has 1 saturated heterocycles. The fourth-order valence-electron chi connectivity index (χ4n) is 3.43. The van der Waals surface area contributed by atoms with Crippen molar-refractivity contribution in [3.8, 4) is 0 Å². The molecule has 3 atom stereocenters. The van der Waals surface area contributed by atoms with E-state index < -0.39 is 12.0 Å². The number of hydrogen-bond donors (Lipinski definition) is 1. The topological polar surface area (TPSA) is 66.8 Å². The number of allylic oxidation sites excluding steroid dienone is 2. The van der Waals surface area contributed by atoms with Crippen LogP contribution in [-0.2, 0) is 14.3 Å². The second kappa shape index (κ2) is 5.15. The van der Waals surface area contributed by atoms with E-state index in [0.29, 0.717) is 19.6 Å². The summed E-state index contributed by atoms with van der Waals surface area (Å²) in [5.74, 6) is -0.758. The normalized spacial score (nSPS) is 36.9. The van der Waals surface area contributed by atoms with Gasteiger partial charge in [0.1, 0.15) is 11.7 Å². The highest BCUT2D eigenvalue weighted by atomic mass is 16.5. The van der Waals surface area contributed by atoms with E-state index in [9.17, 15) is 14.8 Å². The van der Waals surface area contributed by atoms with Gasteiger partial charge in [0, 0.05) is 13.0 Å². The number of rotatable bonds is 1. The van der Waals surface area contributed by atoms with Crippen molar-refractivity contribution in [1.29, 1.82) is 0 Å². The van der Waals surface area contributed by atoms with Crippen LogP contribution in [0.15, 0.2) is 11.6 Å². The van der Waals surface area contributed by atoms with Crippen LogP contribution in [0.4, 0.5) is 0 Å². The summed E-state index contributed by atoms with van der Waals surface area (Å²) >= 11 is 0. The molecule has 104 valence electrons. The number of carbonyl (C=O) groups excluding carboxylic acids is 2. The molecule has 0 aromatic heterocycles. The van der Waals surface area contributed by atoms with Gasteiger partial charge in [0.05, 0.1) is 19.3 Å². The molecule has 3 aliphatic rings. The Hall–Kier alpha value is -1.04. The van der Waals surface area contributed by atoms with Crippen molar-refractivity contribution in [1.82, 2.24) is 5.06 Å². The van der Waals surface area contributed by atoms with Gasteiger partial charge in [0.25, 0.3) is 0 Å². The van der Waals surface area contributed by atoms with Crippen molar-refractivity contribution in [2.24, 2.45) is 11.8 Å². The number of Topliss-reactive ketones (excluding diaryl/α,β-unsaturated/α-hetero) is 2. The largest absolute Gasteiger partial charge is 0.378 e. The third-order valence-corrected chi connectivity index (χ3v) is 4.44. The van der Waals surface area contributed by atoms with Crippen molar-refractivity contribution < 1.29 is 19.5 Å². The molecule has 3 rings (SSSR count). The predicted octanol–water partition coefficient (Wildman–Crippen LogP) is 0.961. The van der Waals surface area contributed by atoms with Crippen LogP contribution in [-0.4, -0.2) is 47.6 Å². The lowest BCUT2D eigenvalue weighted by atomic mass is 9.69. The molecule has 0 radical (unpaired) electrons. The van der Waals surface area contributed by atoms with Gasteiger partial charge in [-0.15, -0.1) is 0 Å². The summed E-state index contributed by atoms with van der Waals surface area (Å²) in [5, 5.41) is 11.0. The Morgan fingerprint density at radius 1 is 1.37 bits per heavy atom. The number of ketones is 2. The first-order chi connectivity index (χ1) is 9.18. The molecule has 2 aliphatic carbocycles. The van der Waals surface area contributed by atoms with E-state index in [1.165, 1.54) is 0 Å². The molecule has 0 aromatic carbocycles. The van der Waals surface area contributed by atoms with Crippen LogP contribution in [0, 0.1) is 11.8 Å². The number of hydroxylamine groups is 2. The number of morpholine rings is 1. The minimum Gasteiger partial charge on any atom is -0.378 e. The van der Waals surface area contributed by atoms with Crippen LogP contribution in [0.3, 0.4) is 0 Å². The first kappa shape index (κ1) is 13.0. The van der Waals surface area contributed by atoms with Gasteiger partial charge in [-0.1, -0.05) is 6.08 Å². The van der Waals surface area contributed by atoms with Crippen LogP contribution in [0.25, 0.3) is 0 Å². The van der Waals surface area contributed by atoms with Crippen LogP contribution >= 0.6 is 0 Å². The number of fused-ring (bicyclic) bond motifs is 1. The van der Waals surface area contributed by atoms with Crippen molar-refractivity contribution in [3.05, 3.63) is 11.6 Å². The molecule has 5 nitrogen and oxygen atoms in total. The Morgan fingerprint density at radius 2 is 2.21 bits per heavy atom. The maximum atomic E-state index is 12.5. The second-order valence-corrected chi connectivity index (χ2v) is 5.60. The molecule has 3 unspecified atom stereocenters. The summed E-state index contributed by atoms with van der Waals surface area (Å²) in [6.45, 7) is 1.04. The molecule has 0 bridgehead atoms. The molecule has 1 N–H and O–H groups in total. The Bertz CT molecular complexity index is 431. The monoisotopic (exact) mass is 265 g/mol. The maximum Gasteiger partial charge on any atom is 0.171 e. The number of nitrogens with zero attached hydrogens (tertiary/aromatic N) is 1. The highest BCUT2D eigenvalue weighted by Crippen LogP contribution is 2.37. The van der Waals surface area contributed by atoms with Gasteiger partial charge in [-0.25, -0.2) is 0 Å². The van der Waals surface area contributed by atoms with Gasteiger partial charge in [-0.2, -0.15) is 5.06 Å². The predicted molar refractivity (Wildman–Crippen MR) is 66.6 cm³/mol. The maximum absolute atomic E-state index is 12.5. The zero-order valence-electron chi connectivity index (χ0n) is 10.9. The lowest BCUT2D eigenvalue weighted by molar-refractivity contribution is -0.197. The van der Waals surface area contributed by atoms with Gasteiger partial charge < -0.3 is 9.94 Å². The molecular formula is C14H19NO4. The lowest BCUT2D eigenvalue weighted by Crippen LogP contribution is -2.54. The van der Waals surface area contributed by atoms with E-state index in [2.05, 4.69) is 0 Å². The summed E-state index contributed by atoms with van der Waals surface area (Å²) in [6.07, 6.45) is 5.33. The minimum absolute atomic E-state index is 0.0383. The molecule has 0 aromatic rings. The van der Waals surface area contributed by atoms with E-state index in [1.807, 2.05) is 6.08 Å². The summed E-state index contributed by atoms with van der Waals surface area (Å²) in [6, 6.07) is -0.516. The first-order valence-corrected chi connectivity index (χ1v) is 6.98. The highest BCUT2D eigenvalue weighted by Gasteiger charge is 2.46. The second-order valence-electron chi connectivity index (χ2n) is 5.60. The quantitative estimate of drug-likeness (QED) is 0.715. The fraction of sp³-hybridized carbons (Fsp3) is 0.714. The number of carbonyl (C=O) groups is 2. The molecular weight excluding hydrogens is 246 g/mol. The number of ether oxygens (including phenoxy) is 1. The molecule has 19 heavy (non-hydrogen) atoms. The molecule has 5 heteroatoms. The van der Waals surface area contributed by atoms with Crippen molar-refractivity contribution >= 4 is 11.6 Å². The van der Waals surface area contributed by atoms with E-state index >= 15 is 0 Å². The zero-order chi connectivity index (χ0) is 13.4. The Labute approximate surface area is 112 Å². The van der Waals surface area contributed by atoms with E-state index in [-0.39, 0.29) is 24.1 Å². The van der Waals surface area contributed by atoms with E-state index in [4.69, 9.17) is 4.74 Å². The summed E-state index contributed by atoms with van der Waals surface area (Å²) in [4.78, 5) is 24.8. The Morgan fingerprint density at radius 3 is 3.00 bits per heavy atom. The van der Waals surface area contributed by atoms with E-state index in [0.717, 1.165) is 29.9 Å². The molecule has 2 fully saturated rings. The molecule has 0 amide bonds. The molecule has 1 aliphatic heterocycles. The standard InChI is InChI=1S/C14H19NO4/c16-12-7-9-3-1-2-4-10(9)14(17)13(12)11-8-19-6-5-15(11)18/h4,9,11,13,18H,1-3,5-8H2. The summed E-state index contributed by atoms with van der Waals surface area (Å²) in [5.41, 5.74) is 0.815. The van der Waals surface area contributed by atoms with Crippen LogP contribution in [0.5, 0.6) is 0 Å². The van der Waals surface area contributed by atoms with Crippen LogP contribution in [0.2, 0.25) is 0 Å². The minimum atomic E-state index is -0.745. The Kier molecular flexibility index (Phi) is 3.52. The van der Waals surface area contributed by atoms with Crippen molar-refractivity contribution in [2.45, 2.75) is 31.7 Å². The van der Waals surface area contributed by atoms with Crippen molar-refractivity contribution in [3.63, 3.8) is 0 Å². The first-order valence-electron chi connectivity index (χ1n) is 6.98. The third kappa shape index (κ3) is 2.26. The fourth-order valence-corrected chi connectivity index (χ4v) is 3.43. The van der Waals surface area contributed by atoms with Gasteiger partial charge in [-0.3, -0.25) is 9.59 Å². The summed E-state index contributed by atoms with van der Waals surface area (Å²) < 4.78 is 5.31. The average Bonchev–Trinajstić information content (AvgIpc) is 2.41. The smallest absolute Gasteiger partial charge is 0.171 e. The van der Waals surface area contributed by atoms with Crippen molar-refractivity contribution in [2.75, 3.05) is 19.8 Å². The van der Waals surface area contributed by atoms with E-state index in [1.54, 1.807) is 0 Å². The molecule has 1 saturated carbocycles. The molecule has 1 heterocycles. The van der Waals surface area contributed by atoms with Gasteiger partial charge >= 0.3 is 0 Å². The lowest BCUT2D eigenvalue weighted by Gasteiger charge is -2.39. The third-order valence-electron chi connectivity index (χ3n) is 4.44. The van der Waals surface area contributed by atoms with Gasteiger partial charge in [0.15, 0.2) is 5.78 Å². The van der Waals surface area contributed by atoms with Gasteiger partial charge in [-0.05, 0) is 30.8 Å². The molecule has 0 spiro atoms.